The minimum absolute atomic E-state index is 0.340. The van der Waals surface area contributed by atoms with Crippen molar-refractivity contribution in [1.82, 2.24) is 10.2 Å². The third-order valence-electron chi connectivity index (χ3n) is 4.45. The Kier molecular flexibility index (Phi) is 7.96. The second kappa shape index (κ2) is 8.93. The highest BCUT2D eigenvalue weighted by molar-refractivity contribution is 4.89. The van der Waals surface area contributed by atoms with Gasteiger partial charge in [-0.05, 0) is 53.1 Å². The highest BCUT2D eigenvalue weighted by Gasteiger charge is 2.31. The van der Waals surface area contributed by atoms with E-state index in [-0.39, 0.29) is 0 Å². The van der Waals surface area contributed by atoms with Gasteiger partial charge in [0.1, 0.15) is 0 Å². The molecule has 0 spiro atoms. The molecule has 0 radical (unpaired) electrons. The summed E-state index contributed by atoms with van der Waals surface area (Å²) in [5, 5.41) is 3.51. The highest BCUT2D eigenvalue weighted by Crippen LogP contribution is 2.30. The van der Waals surface area contributed by atoms with Crippen LogP contribution in [0.4, 0.5) is 0 Å². The molecule has 0 amide bonds. The predicted molar refractivity (Wildman–Crippen MR) is 82.6 cm³/mol. The van der Waals surface area contributed by atoms with Gasteiger partial charge >= 0.3 is 0 Å². The van der Waals surface area contributed by atoms with E-state index in [9.17, 15) is 0 Å². The molecule has 1 aliphatic carbocycles. The molecule has 19 heavy (non-hydrogen) atoms. The smallest absolute Gasteiger partial charge is 0.0596 e. The van der Waals surface area contributed by atoms with Gasteiger partial charge in [-0.15, -0.1) is 0 Å². The maximum atomic E-state index is 5.68. The number of likely N-dealkylation sites (N-methyl/N-ethyl adjacent to an activating group) is 2. The van der Waals surface area contributed by atoms with Crippen LogP contribution in [0, 0.1) is 5.92 Å². The summed E-state index contributed by atoms with van der Waals surface area (Å²) < 4.78 is 5.68. The fourth-order valence-electron chi connectivity index (χ4n) is 3.32. The molecule has 1 rings (SSSR count). The van der Waals surface area contributed by atoms with E-state index < -0.39 is 0 Å². The summed E-state index contributed by atoms with van der Waals surface area (Å²) in [6, 6.07) is 1.32. The van der Waals surface area contributed by atoms with Crippen LogP contribution in [-0.2, 0) is 4.74 Å². The Hall–Kier alpha value is -0.120. The molecule has 1 saturated carbocycles. The minimum atomic E-state index is 0.340. The van der Waals surface area contributed by atoms with Crippen LogP contribution < -0.4 is 5.32 Å². The Balaban J connectivity index is 2.44. The van der Waals surface area contributed by atoms with Gasteiger partial charge in [0, 0.05) is 18.6 Å². The zero-order valence-corrected chi connectivity index (χ0v) is 13.6. The minimum Gasteiger partial charge on any atom is -0.377 e. The fraction of sp³-hybridized carbons (Fsp3) is 1.00. The Morgan fingerprint density at radius 1 is 1.32 bits per heavy atom. The van der Waals surface area contributed by atoms with Crippen LogP contribution in [0.5, 0.6) is 0 Å². The first-order valence-electron chi connectivity index (χ1n) is 8.07. The number of nitrogens with one attached hydrogen (secondary N) is 1. The summed E-state index contributed by atoms with van der Waals surface area (Å²) in [5.74, 6) is 0.924. The molecule has 0 aromatic heterocycles. The molecule has 1 aliphatic rings. The third kappa shape index (κ3) is 5.80. The molecule has 0 saturated heterocycles. The Bertz CT molecular complexity index is 233. The van der Waals surface area contributed by atoms with Gasteiger partial charge in [0.25, 0.3) is 0 Å². The quantitative estimate of drug-likeness (QED) is 0.734. The maximum absolute atomic E-state index is 5.68. The SMILES string of the molecule is CCCC1CCC(NC)C(N(C)CCOC(C)C)C1. The predicted octanol–water partition coefficient (Wildman–Crippen LogP) is 2.90. The lowest BCUT2D eigenvalue weighted by molar-refractivity contribution is 0.0407. The molecular formula is C16H34N2O. The lowest BCUT2D eigenvalue weighted by atomic mass is 9.79. The molecule has 1 N–H and O–H groups in total. The van der Waals surface area contributed by atoms with Crippen molar-refractivity contribution in [2.75, 3.05) is 27.2 Å². The standard InChI is InChI=1S/C16H34N2O/c1-6-7-14-8-9-15(17-4)16(12-14)18(5)10-11-19-13(2)3/h13-17H,6-12H2,1-5H3. The van der Waals surface area contributed by atoms with Crippen molar-refractivity contribution >= 4 is 0 Å². The summed E-state index contributed by atoms with van der Waals surface area (Å²) in [7, 11) is 4.36. The van der Waals surface area contributed by atoms with Gasteiger partial charge in [-0.2, -0.15) is 0 Å². The molecule has 3 nitrogen and oxygen atoms in total. The summed E-state index contributed by atoms with van der Waals surface area (Å²) in [6.45, 7) is 8.40. The average Bonchev–Trinajstić information content (AvgIpc) is 2.38. The zero-order valence-electron chi connectivity index (χ0n) is 13.6. The summed E-state index contributed by atoms with van der Waals surface area (Å²) in [5.41, 5.74) is 0. The van der Waals surface area contributed by atoms with Gasteiger partial charge in [-0.3, -0.25) is 4.90 Å². The molecule has 1 fully saturated rings. The van der Waals surface area contributed by atoms with Gasteiger partial charge in [0.15, 0.2) is 0 Å². The van der Waals surface area contributed by atoms with E-state index in [4.69, 9.17) is 4.74 Å². The molecule has 3 atom stereocenters. The first-order valence-corrected chi connectivity index (χ1v) is 8.07. The third-order valence-corrected chi connectivity index (χ3v) is 4.45. The van der Waals surface area contributed by atoms with Crippen LogP contribution in [0.25, 0.3) is 0 Å². The largest absolute Gasteiger partial charge is 0.377 e. The van der Waals surface area contributed by atoms with Crippen molar-refractivity contribution in [1.29, 1.82) is 0 Å². The monoisotopic (exact) mass is 270 g/mol. The zero-order chi connectivity index (χ0) is 14.3. The summed E-state index contributed by atoms with van der Waals surface area (Å²) in [4.78, 5) is 2.51. The van der Waals surface area contributed by atoms with E-state index in [1.165, 1.54) is 32.1 Å². The maximum Gasteiger partial charge on any atom is 0.0596 e. The Labute approximate surface area is 120 Å². The molecule has 0 aromatic carbocycles. The molecular weight excluding hydrogens is 236 g/mol. The van der Waals surface area contributed by atoms with Crippen LogP contribution in [0.3, 0.4) is 0 Å². The van der Waals surface area contributed by atoms with Gasteiger partial charge < -0.3 is 10.1 Å². The Morgan fingerprint density at radius 3 is 2.63 bits per heavy atom. The molecule has 0 aliphatic heterocycles. The first-order chi connectivity index (χ1) is 9.08. The van der Waals surface area contributed by atoms with E-state index in [0.29, 0.717) is 18.2 Å². The van der Waals surface area contributed by atoms with E-state index in [0.717, 1.165) is 19.1 Å². The summed E-state index contributed by atoms with van der Waals surface area (Å²) >= 11 is 0. The van der Waals surface area contributed by atoms with Crippen LogP contribution in [0.15, 0.2) is 0 Å². The second-order valence-electron chi connectivity index (χ2n) is 6.33. The van der Waals surface area contributed by atoms with Crippen LogP contribution in [-0.4, -0.2) is 50.3 Å². The van der Waals surface area contributed by atoms with Crippen molar-refractivity contribution in [3.05, 3.63) is 0 Å². The van der Waals surface area contributed by atoms with E-state index in [1.807, 2.05) is 0 Å². The number of nitrogens with zero attached hydrogens (tertiary/aromatic N) is 1. The van der Waals surface area contributed by atoms with Gasteiger partial charge in [-0.25, -0.2) is 0 Å². The second-order valence-corrected chi connectivity index (χ2v) is 6.33. The Morgan fingerprint density at radius 2 is 2.05 bits per heavy atom. The normalized spacial score (nSPS) is 28.3. The fourth-order valence-corrected chi connectivity index (χ4v) is 3.32. The number of hydrogen-bond acceptors (Lipinski definition) is 3. The molecule has 0 heterocycles. The van der Waals surface area contributed by atoms with Crippen LogP contribution >= 0.6 is 0 Å². The number of hydrogen-bond donors (Lipinski definition) is 1. The molecule has 3 heteroatoms. The average molecular weight is 270 g/mol. The van der Waals surface area contributed by atoms with Crippen LogP contribution in [0.2, 0.25) is 0 Å². The van der Waals surface area contributed by atoms with E-state index in [1.54, 1.807) is 0 Å². The van der Waals surface area contributed by atoms with Crippen molar-refractivity contribution in [2.45, 2.75) is 71.1 Å². The highest BCUT2D eigenvalue weighted by atomic mass is 16.5. The van der Waals surface area contributed by atoms with Crippen molar-refractivity contribution in [3.63, 3.8) is 0 Å². The number of ether oxygens (including phenoxy) is 1. The molecule has 0 bridgehead atoms. The topological polar surface area (TPSA) is 24.5 Å². The van der Waals surface area contributed by atoms with Gasteiger partial charge in [0.05, 0.1) is 12.7 Å². The lowest BCUT2D eigenvalue weighted by Gasteiger charge is -2.41. The molecule has 0 aromatic rings. The molecule has 3 unspecified atom stereocenters. The van der Waals surface area contributed by atoms with Crippen LogP contribution in [0.1, 0.15) is 52.9 Å². The van der Waals surface area contributed by atoms with E-state index >= 15 is 0 Å². The first kappa shape index (κ1) is 16.9. The van der Waals surface area contributed by atoms with Gasteiger partial charge in [0.2, 0.25) is 0 Å². The number of rotatable bonds is 8. The lowest BCUT2D eigenvalue weighted by Crippen LogP contribution is -2.51. The summed E-state index contributed by atoms with van der Waals surface area (Å²) in [6.07, 6.45) is 7.11. The van der Waals surface area contributed by atoms with Crippen molar-refractivity contribution < 1.29 is 4.74 Å². The van der Waals surface area contributed by atoms with Crippen molar-refractivity contribution in [3.8, 4) is 0 Å². The molecule has 114 valence electrons. The van der Waals surface area contributed by atoms with Crippen molar-refractivity contribution in [2.24, 2.45) is 5.92 Å². The van der Waals surface area contributed by atoms with E-state index in [2.05, 4.69) is 45.1 Å². The van der Waals surface area contributed by atoms with Gasteiger partial charge in [-0.1, -0.05) is 19.8 Å².